The van der Waals surface area contributed by atoms with Gasteiger partial charge in [-0.25, -0.2) is 0 Å². The summed E-state index contributed by atoms with van der Waals surface area (Å²) >= 11 is 0. The molecular weight excluding hydrogens is 569 g/mol. The van der Waals surface area contributed by atoms with Gasteiger partial charge in [0.25, 0.3) is 0 Å². The van der Waals surface area contributed by atoms with Crippen LogP contribution in [0.15, 0.2) is 174 Å². The second-order valence-electron chi connectivity index (χ2n) is 12.4. The van der Waals surface area contributed by atoms with Gasteiger partial charge in [0.1, 0.15) is 11.2 Å². The Labute approximate surface area is 271 Å². The molecule has 218 valence electrons. The maximum Gasteiger partial charge on any atom is 0.136 e. The van der Waals surface area contributed by atoms with Crippen molar-refractivity contribution < 1.29 is 4.42 Å². The Balaban J connectivity index is 1.31. The molecule has 0 unspecified atom stereocenters. The van der Waals surface area contributed by atoms with Crippen LogP contribution in [0.4, 0.5) is 0 Å². The Morgan fingerprint density at radius 2 is 0.681 bits per heavy atom. The summed E-state index contributed by atoms with van der Waals surface area (Å²) in [5, 5.41) is 12.3. The van der Waals surface area contributed by atoms with Crippen molar-refractivity contribution in [1.82, 2.24) is 0 Å². The lowest BCUT2D eigenvalue weighted by Crippen LogP contribution is -1.93. The fraction of sp³-hybridized carbons (Fsp3) is 0. The van der Waals surface area contributed by atoms with Crippen LogP contribution in [0.25, 0.3) is 98.4 Å². The highest BCUT2D eigenvalue weighted by molar-refractivity contribution is 6.27. The smallest absolute Gasteiger partial charge is 0.136 e. The number of fused-ring (bicyclic) bond motifs is 7. The molecule has 0 aliphatic rings. The van der Waals surface area contributed by atoms with Crippen LogP contribution in [0, 0.1) is 0 Å². The van der Waals surface area contributed by atoms with Crippen molar-refractivity contribution in [3.8, 4) is 33.4 Å². The van der Waals surface area contributed by atoms with Crippen LogP contribution in [-0.2, 0) is 0 Å². The van der Waals surface area contributed by atoms with Crippen molar-refractivity contribution in [2.45, 2.75) is 0 Å². The summed E-state index contributed by atoms with van der Waals surface area (Å²) < 4.78 is 6.35. The third-order valence-corrected chi connectivity index (χ3v) is 9.88. The molecule has 1 aromatic heterocycles. The van der Waals surface area contributed by atoms with Crippen LogP contribution in [-0.4, -0.2) is 0 Å². The van der Waals surface area contributed by atoms with E-state index in [1.807, 2.05) is 6.07 Å². The minimum Gasteiger partial charge on any atom is -0.456 e. The molecule has 0 atom stereocenters. The summed E-state index contributed by atoms with van der Waals surface area (Å²) in [5.41, 5.74) is 9.30. The molecule has 10 aromatic rings. The molecule has 0 bridgehead atoms. The lowest BCUT2D eigenvalue weighted by molar-refractivity contribution is 0.669. The summed E-state index contributed by atoms with van der Waals surface area (Å²) in [6.45, 7) is 0. The largest absolute Gasteiger partial charge is 0.456 e. The molecule has 0 fully saturated rings. The van der Waals surface area contributed by atoms with Gasteiger partial charge >= 0.3 is 0 Å². The Morgan fingerprint density at radius 3 is 1.38 bits per heavy atom. The van der Waals surface area contributed by atoms with Crippen LogP contribution < -0.4 is 0 Å². The minimum absolute atomic E-state index is 0.913. The number of benzene rings is 9. The molecule has 0 amide bonds. The van der Waals surface area contributed by atoms with Gasteiger partial charge in [0.05, 0.1) is 0 Å². The van der Waals surface area contributed by atoms with E-state index in [2.05, 4.69) is 164 Å². The highest BCUT2D eigenvalue weighted by atomic mass is 16.3. The van der Waals surface area contributed by atoms with E-state index in [-0.39, 0.29) is 0 Å². The molecule has 10 rings (SSSR count). The summed E-state index contributed by atoms with van der Waals surface area (Å²) in [7, 11) is 0. The number of para-hydroxylation sites is 1. The van der Waals surface area contributed by atoms with Gasteiger partial charge in [-0.1, -0.05) is 158 Å². The summed E-state index contributed by atoms with van der Waals surface area (Å²) in [6.07, 6.45) is 0. The van der Waals surface area contributed by atoms with E-state index in [1.54, 1.807) is 0 Å². The summed E-state index contributed by atoms with van der Waals surface area (Å²) in [4.78, 5) is 0. The molecular formula is C46H28O. The fourth-order valence-electron chi connectivity index (χ4n) is 7.90. The Hall–Kier alpha value is -6.18. The molecule has 47 heavy (non-hydrogen) atoms. The van der Waals surface area contributed by atoms with Crippen molar-refractivity contribution in [2.24, 2.45) is 0 Å². The van der Waals surface area contributed by atoms with E-state index in [0.29, 0.717) is 0 Å². The zero-order chi connectivity index (χ0) is 30.9. The number of rotatable bonds is 3. The Bertz CT molecular complexity index is 2790. The SMILES string of the molecule is c1ccc2c(-c3ccc(-c4c5ccccc5c(-c5cccc6oc7ccccc7c56)c5ccccc45)c4ccccc34)cccc2c1. The normalized spacial score (nSPS) is 11.8. The van der Waals surface area contributed by atoms with Crippen LogP contribution >= 0.6 is 0 Å². The van der Waals surface area contributed by atoms with Crippen molar-refractivity contribution in [3.05, 3.63) is 170 Å². The zero-order valence-corrected chi connectivity index (χ0v) is 25.6. The van der Waals surface area contributed by atoms with Gasteiger partial charge in [-0.2, -0.15) is 0 Å². The molecule has 9 aromatic carbocycles. The molecule has 0 spiro atoms. The number of hydrogen-bond acceptors (Lipinski definition) is 1. The molecule has 1 nitrogen and oxygen atoms in total. The molecule has 0 N–H and O–H groups in total. The minimum atomic E-state index is 0.913. The maximum atomic E-state index is 6.35. The van der Waals surface area contributed by atoms with Gasteiger partial charge in [-0.3, -0.25) is 0 Å². The quantitative estimate of drug-likeness (QED) is 0.185. The monoisotopic (exact) mass is 596 g/mol. The highest BCUT2D eigenvalue weighted by Gasteiger charge is 2.21. The molecule has 0 aliphatic carbocycles. The van der Waals surface area contributed by atoms with Gasteiger partial charge in [-0.05, 0) is 88.6 Å². The van der Waals surface area contributed by atoms with Gasteiger partial charge in [0.15, 0.2) is 0 Å². The summed E-state index contributed by atoms with van der Waals surface area (Å²) in [6, 6.07) is 61.5. The van der Waals surface area contributed by atoms with E-state index in [0.717, 1.165) is 21.9 Å². The van der Waals surface area contributed by atoms with Gasteiger partial charge in [0.2, 0.25) is 0 Å². The molecule has 1 heterocycles. The summed E-state index contributed by atoms with van der Waals surface area (Å²) in [5.74, 6) is 0. The van der Waals surface area contributed by atoms with E-state index < -0.39 is 0 Å². The molecule has 1 heteroatoms. The first-order chi connectivity index (χ1) is 23.3. The predicted molar refractivity (Wildman–Crippen MR) is 200 cm³/mol. The lowest BCUT2D eigenvalue weighted by Gasteiger charge is -2.20. The second kappa shape index (κ2) is 10.2. The van der Waals surface area contributed by atoms with E-state index in [9.17, 15) is 0 Å². The standard InChI is InChI=1S/C46H28O/c1-2-15-30-29(13-1)14-11-23-31(30)34-27-28-39(33-17-4-3-16-32(33)34)44-35-18-5-7-20-37(35)45(38-21-8-6-19-36(38)44)41-24-12-26-43-46(41)40-22-9-10-25-42(40)47-43/h1-28H. The maximum absolute atomic E-state index is 6.35. The van der Waals surface area contributed by atoms with Crippen LogP contribution in [0.3, 0.4) is 0 Å². The van der Waals surface area contributed by atoms with E-state index in [4.69, 9.17) is 4.42 Å². The van der Waals surface area contributed by atoms with Crippen molar-refractivity contribution in [1.29, 1.82) is 0 Å². The number of furan rings is 1. The molecule has 0 radical (unpaired) electrons. The second-order valence-corrected chi connectivity index (χ2v) is 12.4. The Kier molecular flexibility index (Phi) is 5.64. The Morgan fingerprint density at radius 1 is 0.255 bits per heavy atom. The molecule has 0 saturated carbocycles. The van der Waals surface area contributed by atoms with Gasteiger partial charge in [0, 0.05) is 10.8 Å². The van der Waals surface area contributed by atoms with Crippen molar-refractivity contribution >= 4 is 65.0 Å². The van der Waals surface area contributed by atoms with Crippen LogP contribution in [0.2, 0.25) is 0 Å². The third kappa shape index (κ3) is 3.84. The predicted octanol–water partition coefficient (Wildman–Crippen LogP) is 13.2. The van der Waals surface area contributed by atoms with Crippen LogP contribution in [0.1, 0.15) is 0 Å². The van der Waals surface area contributed by atoms with Crippen molar-refractivity contribution in [2.75, 3.05) is 0 Å². The molecule has 0 aliphatic heterocycles. The number of hydrogen-bond donors (Lipinski definition) is 0. The zero-order valence-electron chi connectivity index (χ0n) is 25.6. The highest BCUT2D eigenvalue weighted by Crippen LogP contribution is 2.48. The third-order valence-electron chi connectivity index (χ3n) is 9.88. The topological polar surface area (TPSA) is 13.1 Å². The van der Waals surface area contributed by atoms with Gasteiger partial charge in [-0.15, -0.1) is 0 Å². The van der Waals surface area contributed by atoms with Gasteiger partial charge < -0.3 is 4.42 Å². The first kappa shape index (κ1) is 26.1. The fourth-order valence-corrected chi connectivity index (χ4v) is 7.90. The van der Waals surface area contributed by atoms with Crippen molar-refractivity contribution in [3.63, 3.8) is 0 Å². The average molecular weight is 597 g/mol. The lowest BCUT2D eigenvalue weighted by atomic mass is 9.83. The first-order valence-electron chi connectivity index (χ1n) is 16.2. The molecule has 0 saturated heterocycles. The average Bonchev–Trinajstić information content (AvgIpc) is 3.53. The first-order valence-corrected chi connectivity index (χ1v) is 16.2. The van der Waals surface area contributed by atoms with Crippen LogP contribution in [0.5, 0.6) is 0 Å². The van der Waals surface area contributed by atoms with E-state index >= 15 is 0 Å². The van der Waals surface area contributed by atoms with E-state index in [1.165, 1.54) is 76.5 Å².